The van der Waals surface area contributed by atoms with Crippen molar-refractivity contribution < 1.29 is 14.3 Å². The number of nitrogens with one attached hydrogen (secondary N) is 2. The topological polar surface area (TPSA) is 71.4 Å². The predicted octanol–water partition coefficient (Wildman–Crippen LogP) is 3.35. The van der Waals surface area contributed by atoms with Gasteiger partial charge in [-0.2, -0.15) is 0 Å². The lowest BCUT2D eigenvalue weighted by Crippen LogP contribution is -2.10. The summed E-state index contributed by atoms with van der Waals surface area (Å²) >= 11 is 0. The van der Waals surface area contributed by atoms with Crippen LogP contribution in [0.1, 0.15) is 22.3 Å². The Kier molecular flexibility index (Phi) is 5.74. The molecule has 0 spiro atoms. The molecular weight excluding hydrogens is 292 g/mol. The van der Waals surface area contributed by atoms with Crippen molar-refractivity contribution in [1.82, 2.24) is 0 Å². The lowest BCUT2D eigenvalue weighted by atomic mass is 10.1. The fourth-order valence-electron chi connectivity index (χ4n) is 2.20. The highest BCUT2D eigenvalue weighted by Gasteiger charge is 2.10. The van der Waals surface area contributed by atoms with Crippen molar-refractivity contribution in [1.29, 1.82) is 5.41 Å². The molecule has 0 heterocycles. The van der Waals surface area contributed by atoms with E-state index in [1.165, 1.54) is 7.11 Å². The summed E-state index contributed by atoms with van der Waals surface area (Å²) in [6, 6.07) is 14.7. The molecule has 0 aliphatic carbocycles. The van der Waals surface area contributed by atoms with Gasteiger partial charge in [0.05, 0.1) is 25.5 Å². The van der Waals surface area contributed by atoms with E-state index in [1.807, 2.05) is 30.3 Å². The third-order valence-electron chi connectivity index (χ3n) is 3.43. The highest BCUT2D eigenvalue weighted by molar-refractivity contribution is 5.98. The van der Waals surface area contributed by atoms with Crippen LogP contribution in [0.4, 0.5) is 5.69 Å². The second kappa shape index (κ2) is 7.98. The number of hydrogen-bond acceptors (Lipinski definition) is 5. The van der Waals surface area contributed by atoms with Gasteiger partial charge in [0.2, 0.25) is 0 Å². The lowest BCUT2D eigenvalue weighted by molar-refractivity contribution is 0.0601. The molecule has 2 rings (SSSR count). The van der Waals surface area contributed by atoms with E-state index in [-0.39, 0.29) is 0 Å². The SMILES string of the molecule is COC(=O)c1ccc(OC)c(NCCC(=N)c2ccccc2)c1. The molecule has 0 aliphatic heterocycles. The number of methoxy groups -OCH3 is 2. The van der Waals surface area contributed by atoms with Gasteiger partial charge in [-0.1, -0.05) is 30.3 Å². The van der Waals surface area contributed by atoms with Crippen LogP contribution >= 0.6 is 0 Å². The maximum atomic E-state index is 11.6. The monoisotopic (exact) mass is 312 g/mol. The summed E-state index contributed by atoms with van der Waals surface area (Å²) in [6.45, 7) is 0.564. The summed E-state index contributed by atoms with van der Waals surface area (Å²) in [5.41, 5.74) is 2.62. The number of esters is 1. The van der Waals surface area contributed by atoms with Gasteiger partial charge < -0.3 is 20.2 Å². The van der Waals surface area contributed by atoms with Crippen molar-refractivity contribution in [3.05, 3.63) is 59.7 Å². The smallest absolute Gasteiger partial charge is 0.337 e. The second-order valence-electron chi connectivity index (χ2n) is 4.93. The highest BCUT2D eigenvalue weighted by Crippen LogP contribution is 2.25. The lowest BCUT2D eigenvalue weighted by Gasteiger charge is -2.13. The first-order chi connectivity index (χ1) is 11.2. The van der Waals surface area contributed by atoms with Gasteiger partial charge in [-0.15, -0.1) is 0 Å². The van der Waals surface area contributed by atoms with Crippen LogP contribution in [-0.4, -0.2) is 32.4 Å². The molecule has 5 heteroatoms. The molecule has 23 heavy (non-hydrogen) atoms. The van der Waals surface area contributed by atoms with E-state index >= 15 is 0 Å². The maximum Gasteiger partial charge on any atom is 0.337 e. The van der Waals surface area contributed by atoms with Crippen LogP contribution in [-0.2, 0) is 4.74 Å². The first kappa shape index (κ1) is 16.5. The van der Waals surface area contributed by atoms with Crippen molar-refractivity contribution in [2.75, 3.05) is 26.1 Å². The summed E-state index contributed by atoms with van der Waals surface area (Å²) in [6.07, 6.45) is 0.565. The van der Waals surface area contributed by atoms with Crippen LogP contribution in [0.25, 0.3) is 0 Å². The van der Waals surface area contributed by atoms with E-state index in [9.17, 15) is 4.79 Å². The van der Waals surface area contributed by atoms with Gasteiger partial charge >= 0.3 is 5.97 Å². The summed E-state index contributed by atoms with van der Waals surface area (Å²) in [5, 5.41) is 11.3. The number of ether oxygens (including phenoxy) is 2. The minimum Gasteiger partial charge on any atom is -0.495 e. The molecule has 2 N–H and O–H groups in total. The molecule has 2 aromatic carbocycles. The van der Waals surface area contributed by atoms with Gasteiger partial charge in [-0.05, 0) is 23.8 Å². The third-order valence-corrected chi connectivity index (χ3v) is 3.43. The molecule has 0 radical (unpaired) electrons. The number of benzene rings is 2. The van der Waals surface area contributed by atoms with E-state index in [4.69, 9.17) is 14.9 Å². The normalized spacial score (nSPS) is 10.0. The summed E-state index contributed by atoms with van der Waals surface area (Å²) < 4.78 is 10.0. The first-order valence-electron chi connectivity index (χ1n) is 7.28. The van der Waals surface area contributed by atoms with Crippen LogP contribution < -0.4 is 10.1 Å². The molecule has 120 valence electrons. The Labute approximate surface area is 135 Å². The van der Waals surface area contributed by atoms with Crippen LogP contribution in [0.15, 0.2) is 48.5 Å². The minimum atomic E-state index is -0.396. The molecule has 0 unspecified atom stereocenters. The third kappa shape index (κ3) is 4.32. The Bertz CT molecular complexity index is 684. The maximum absolute atomic E-state index is 11.6. The standard InChI is InChI=1S/C18H20N2O3/c1-22-17-9-8-14(18(21)23-2)12-16(17)20-11-10-15(19)13-6-4-3-5-7-13/h3-9,12,19-20H,10-11H2,1-2H3. The number of carbonyl (C=O) groups excluding carboxylic acids is 1. The van der Waals surface area contributed by atoms with Crippen molar-refractivity contribution in [3.63, 3.8) is 0 Å². The average Bonchev–Trinajstić information content (AvgIpc) is 2.61. The Balaban J connectivity index is 2.02. The molecule has 0 amide bonds. The van der Waals surface area contributed by atoms with E-state index in [1.54, 1.807) is 25.3 Å². The fraction of sp³-hybridized carbons (Fsp3) is 0.222. The zero-order chi connectivity index (χ0) is 16.7. The summed E-state index contributed by atoms with van der Waals surface area (Å²) in [4.78, 5) is 11.6. The summed E-state index contributed by atoms with van der Waals surface area (Å²) in [7, 11) is 2.92. The molecule has 0 atom stereocenters. The van der Waals surface area contributed by atoms with Gasteiger partial charge in [0.25, 0.3) is 0 Å². The predicted molar refractivity (Wildman–Crippen MR) is 90.7 cm³/mol. The van der Waals surface area contributed by atoms with E-state index in [2.05, 4.69) is 5.32 Å². The van der Waals surface area contributed by atoms with Gasteiger partial charge in [0, 0.05) is 18.7 Å². The minimum absolute atomic E-state index is 0.396. The highest BCUT2D eigenvalue weighted by atomic mass is 16.5. The van der Waals surface area contributed by atoms with Gasteiger partial charge in [-0.3, -0.25) is 0 Å². The largest absolute Gasteiger partial charge is 0.495 e. The Morgan fingerprint density at radius 3 is 2.48 bits per heavy atom. The Morgan fingerprint density at radius 1 is 1.09 bits per heavy atom. The number of carbonyl (C=O) groups is 1. The average molecular weight is 312 g/mol. The zero-order valence-corrected chi connectivity index (χ0v) is 13.3. The van der Waals surface area contributed by atoms with E-state index in [0.29, 0.717) is 35.7 Å². The number of hydrogen-bond donors (Lipinski definition) is 2. The summed E-state index contributed by atoms with van der Waals surface area (Å²) in [5.74, 6) is 0.247. The zero-order valence-electron chi connectivity index (χ0n) is 13.3. The fourth-order valence-corrected chi connectivity index (χ4v) is 2.20. The van der Waals surface area contributed by atoms with Gasteiger partial charge in [0.1, 0.15) is 5.75 Å². The first-order valence-corrected chi connectivity index (χ1v) is 7.28. The van der Waals surface area contributed by atoms with E-state index in [0.717, 1.165) is 5.56 Å². The van der Waals surface area contributed by atoms with E-state index < -0.39 is 5.97 Å². The van der Waals surface area contributed by atoms with Crippen LogP contribution in [0.5, 0.6) is 5.75 Å². The van der Waals surface area contributed by atoms with Crippen LogP contribution in [0.2, 0.25) is 0 Å². The molecule has 0 fully saturated rings. The second-order valence-corrected chi connectivity index (χ2v) is 4.93. The molecule has 2 aromatic rings. The van der Waals surface area contributed by atoms with Crippen molar-refractivity contribution in [3.8, 4) is 5.75 Å². The van der Waals surface area contributed by atoms with Crippen molar-refractivity contribution in [2.45, 2.75) is 6.42 Å². The van der Waals surface area contributed by atoms with Gasteiger partial charge in [0.15, 0.2) is 0 Å². The molecule has 0 saturated carbocycles. The van der Waals surface area contributed by atoms with Crippen molar-refractivity contribution >= 4 is 17.4 Å². The molecule has 0 aromatic heterocycles. The molecule has 0 aliphatic rings. The molecule has 5 nitrogen and oxygen atoms in total. The molecular formula is C18H20N2O3. The number of anilines is 1. The Hall–Kier alpha value is -2.82. The van der Waals surface area contributed by atoms with Crippen LogP contribution in [0, 0.1) is 5.41 Å². The number of rotatable bonds is 7. The van der Waals surface area contributed by atoms with Crippen LogP contribution in [0.3, 0.4) is 0 Å². The quantitative estimate of drug-likeness (QED) is 0.607. The molecule has 0 bridgehead atoms. The van der Waals surface area contributed by atoms with Gasteiger partial charge in [-0.25, -0.2) is 4.79 Å². The van der Waals surface area contributed by atoms with Crippen molar-refractivity contribution in [2.24, 2.45) is 0 Å². The molecule has 0 saturated heterocycles. The Morgan fingerprint density at radius 2 is 1.83 bits per heavy atom.